The Labute approximate surface area is 77.0 Å². The number of nitrogens with zero attached hydrogens (tertiary/aromatic N) is 1. The van der Waals surface area contributed by atoms with E-state index in [0.717, 1.165) is 19.4 Å². The third-order valence-corrected chi connectivity index (χ3v) is 2.32. The predicted octanol–water partition coefficient (Wildman–Crippen LogP) is 1.03. The van der Waals surface area contributed by atoms with Gasteiger partial charge in [0.2, 0.25) is 0 Å². The summed E-state index contributed by atoms with van der Waals surface area (Å²) in [5.74, 6) is 0. The lowest BCUT2D eigenvalue weighted by Crippen LogP contribution is -2.24. The van der Waals surface area contributed by atoms with Crippen LogP contribution in [0.25, 0.3) is 0 Å². The van der Waals surface area contributed by atoms with Crippen molar-refractivity contribution in [2.24, 2.45) is 0 Å². The Balaban J connectivity index is 2.08. The van der Waals surface area contributed by atoms with Gasteiger partial charge in [-0.2, -0.15) is 0 Å². The minimum atomic E-state index is 0.0537. The van der Waals surface area contributed by atoms with Gasteiger partial charge >= 0.3 is 0 Å². The van der Waals surface area contributed by atoms with Crippen molar-refractivity contribution in [1.82, 2.24) is 4.57 Å². The summed E-state index contributed by atoms with van der Waals surface area (Å²) in [7, 11) is 0. The van der Waals surface area contributed by atoms with Crippen molar-refractivity contribution < 1.29 is 4.74 Å². The Bertz CT molecular complexity index is 326. The Morgan fingerprint density at radius 2 is 2.46 bits per heavy atom. The fraction of sp³-hybridized carbons (Fsp3) is 0.500. The Kier molecular flexibility index (Phi) is 2.45. The highest BCUT2D eigenvalue weighted by molar-refractivity contribution is 4.93. The summed E-state index contributed by atoms with van der Waals surface area (Å²) in [4.78, 5) is 11.3. The van der Waals surface area contributed by atoms with E-state index in [2.05, 4.69) is 0 Å². The highest BCUT2D eigenvalue weighted by atomic mass is 16.5. The van der Waals surface area contributed by atoms with E-state index in [4.69, 9.17) is 4.74 Å². The van der Waals surface area contributed by atoms with Crippen LogP contribution >= 0.6 is 0 Å². The van der Waals surface area contributed by atoms with E-state index < -0.39 is 0 Å². The van der Waals surface area contributed by atoms with Crippen molar-refractivity contribution >= 4 is 0 Å². The molecular weight excluding hydrogens is 166 g/mol. The molecule has 0 aromatic carbocycles. The number of rotatable bonds is 2. The molecule has 3 heteroatoms. The molecule has 1 fully saturated rings. The summed E-state index contributed by atoms with van der Waals surface area (Å²) >= 11 is 0. The molecule has 1 aromatic rings. The summed E-state index contributed by atoms with van der Waals surface area (Å²) in [5, 5.41) is 0. The van der Waals surface area contributed by atoms with E-state index in [9.17, 15) is 4.79 Å². The van der Waals surface area contributed by atoms with Gasteiger partial charge < -0.3 is 9.30 Å². The van der Waals surface area contributed by atoms with Crippen LogP contribution in [0.5, 0.6) is 0 Å². The SMILES string of the molecule is O=c1ccccn1CC1CCCO1. The number of aromatic nitrogens is 1. The van der Waals surface area contributed by atoms with Gasteiger partial charge in [0.05, 0.1) is 12.6 Å². The molecule has 1 aliphatic rings. The average Bonchev–Trinajstić information content (AvgIpc) is 2.61. The smallest absolute Gasteiger partial charge is 0.250 e. The van der Waals surface area contributed by atoms with Crippen molar-refractivity contribution in [3.8, 4) is 0 Å². The zero-order chi connectivity index (χ0) is 9.10. The number of pyridine rings is 1. The molecule has 2 heterocycles. The van der Waals surface area contributed by atoms with Gasteiger partial charge in [-0.1, -0.05) is 6.07 Å². The molecule has 1 saturated heterocycles. The van der Waals surface area contributed by atoms with E-state index in [1.807, 2.05) is 12.3 Å². The van der Waals surface area contributed by atoms with Crippen LogP contribution in [0, 0.1) is 0 Å². The lowest BCUT2D eigenvalue weighted by atomic mass is 10.2. The molecule has 70 valence electrons. The highest BCUT2D eigenvalue weighted by Gasteiger charge is 2.15. The second kappa shape index (κ2) is 3.75. The lowest BCUT2D eigenvalue weighted by Gasteiger charge is -2.10. The first kappa shape index (κ1) is 8.51. The largest absolute Gasteiger partial charge is 0.376 e. The zero-order valence-corrected chi connectivity index (χ0v) is 7.48. The molecule has 0 amide bonds. The summed E-state index contributed by atoms with van der Waals surface area (Å²) in [6.07, 6.45) is 4.23. The molecule has 0 spiro atoms. The molecule has 0 aliphatic carbocycles. The Hall–Kier alpha value is -1.09. The molecule has 13 heavy (non-hydrogen) atoms. The Morgan fingerprint density at radius 3 is 3.15 bits per heavy atom. The van der Waals surface area contributed by atoms with E-state index in [-0.39, 0.29) is 11.7 Å². The molecule has 0 radical (unpaired) electrons. The van der Waals surface area contributed by atoms with Crippen LogP contribution in [0.4, 0.5) is 0 Å². The van der Waals surface area contributed by atoms with Crippen LogP contribution in [-0.4, -0.2) is 17.3 Å². The van der Waals surface area contributed by atoms with Crippen molar-refractivity contribution in [2.75, 3.05) is 6.61 Å². The summed E-state index contributed by atoms with van der Waals surface area (Å²) in [5.41, 5.74) is 0.0537. The van der Waals surface area contributed by atoms with Crippen LogP contribution in [-0.2, 0) is 11.3 Å². The first-order chi connectivity index (χ1) is 6.36. The van der Waals surface area contributed by atoms with Gasteiger partial charge in [-0.15, -0.1) is 0 Å². The fourth-order valence-electron chi connectivity index (χ4n) is 1.62. The zero-order valence-electron chi connectivity index (χ0n) is 7.48. The van der Waals surface area contributed by atoms with Gasteiger partial charge in [0.25, 0.3) is 5.56 Å². The fourth-order valence-corrected chi connectivity index (χ4v) is 1.62. The molecule has 1 unspecified atom stereocenters. The second-order valence-corrected chi connectivity index (χ2v) is 3.33. The summed E-state index contributed by atoms with van der Waals surface area (Å²) in [6.45, 7) is 1.53. The van der Waals surface area contributed by atoms with E-state index in [1.54, 1.807) is 16.7 Å². The van der Waals surface area contributed by atoms with E-state index in [1.165, 1.54) is 0 Å². The minimum Gasteiger partial charge on any atom is -0.376 e. The number of hydrogen-bond acceptors (Lipinski definition) is 2. The normalized spacial score (nSPS) is 22.0. The highest BCUT2D eigenvalue weighted by Crippen LogP contribution is 2.12. The van der Waals surface area contributed by atoms with E-state index in [0.29, 0.717) is 6.54 Å². The predicted molar refractivity (Wildman–Crippen MR) is 49.7 cm³/mol. The van der Waals surface area contributed by atoms with Crippen LogP contribution in [0.1, 0.15) is 12.8 Å². The van der Waals surface area contributed by atoms with E-state index >= 15 is 0 Å². The quantitative estimate of drug-likeness (QED) is 0.679. The van der Waals surface area contributed by atoms with Gasteiger partial charge in [-0.05, 0) is 18.9 Å². The molecule has 0 saturated carbocycles. The monoisotopic (exact) mass is 179 g/mol. The first-order valence-electron chi connectivity index (χ1n) is 4.63. The second-order valence-electron chi connectivity index (χ2n) is 3.33. The average molecular weight is 179 g/mol. The van der Waals surface area contributed by atoms with Crippen molar-refractivity contribution in [2.45, 2.75) is 25.5 Å². The third kappa shape index (κ3) is 1.98. The van der Waals surface area contributed by atoms with Gasteiger partial charge in [-0.25, -0.2) is 0 Å². The minimum absolute atomic E-state index is 0.0537. The topological polar surface area (TPSA) is 31.2 Å². The van der Waals surface area contributed by atoms with Gasteiger partial charge in [0.1, 0.15) is 0 Å². The lowest BCUT2D eigenvalue weighted by molar-refractivity contribution is 0.0961. The summed E-state index contributed by atoms with van der Waals surface area (Å²) < 4.78 is 7.16. The molecule has 0 bridgehead atoms. The van der Waals surface area contributed by atoms with Crippen LogP contribution in [0.2, 0.25) is 0 Å². The van der Waals surface area contributed by atoms with Crippen LogP contribution in [0.3, 0.4) is 0 Å². The molecule has 2 rings (SSSR count). The van der Waals surface area contributed by atoms with Crippen molar-refractivity contribution in [1.29, 1.82) is 0 Å². The van der Waals surface area contributed by atoms with Gasteiger partial charge in [-0.3, -0.25) is 4.79 Å². The van der Waals surface area contributed by atoms with Gasteiger partial charge in [0.15, 0.2) is 0 Å². The summed E-state index contributed by atoms with van der Waals surface area (Å²) in [6, 6.07) is 5.21. The molecule has 1 aromatic heterocycles. The standard InChI is InChI=1S/C10H13NO2/c12-10-5-1-2-6-11(10)8-9-4-3-7-13-9/h1-2,5-6,9H,3-4,7-8H2. The van der Waals surface area contributed by atoms with Crippen LogP contribution < -0.4 is 5.56 Å². The van der Waals surface area contributed by atoms with Crippen molar-refractivity contribution in [3.05, 3.63) is 34.7 Å². The maximum absolute atomic E-state index is 11.3. The molecule has 3 nitrogen and oxygen atoms in total. The number of hydrogen-bond donors (Lipinski definition) is 0. The molecular formula is C10H13NO2. The molecule has 1 atom stereocenters. The Morgan fingerprint density at radius 1 is 1.54 bits per heavy atom. The molecule has 0 N–H and O–H groups in total. The maximum atomic E-state index is 11.3. The number of ether oxygens (including phenoxy) is 1. The third-order valence-electron chi connectivity index (χ3n) is 2.32. The first-order valence-corrected chi connectivity index (χ1v) is 4.63. The maximum Gasteiger partial charge on any atom is 0.250 e. The van der Waals surface area contributed by atoms with Crippen LogP contribution in [0.15, 0.2) is 29.2 Å². The van der Waals surface area contributed by atoms with Crippen molar-refractivity contribution in [3.63, 3.8) is 0 Å². The van der Waals surface area contributed by atoms with Gasteiger partial charge in [0, 0.05) is 18.9 Å². The molecule has 1 aliphatic heterocycles.